The van der Waals surface area contributed by atoms with E-state index in [1.165, 1.54) is 0 Å². The number of hydrogen-bond donors (Lipinski definition) is 1. The number of cyclic esters (lactones) is 1. The van der Waals surface area contributed by atoms with Crippen LogP contribution in [-0.4, -0.2) is 23.7 Å². The summed E-state index contributed by atoms with van der Waals surface area (Å²) >= 11 is 0. The molecule has 16 heavy (non-hydrogen) atoms. The molecule has 2 rings (SSSR count). The van der Waals surface area contributed by atoms with Crippen LogP contribution in [-0.2, 0) is 20.7 Å². The average molecular weight is 220 g/mol. The van der Waals surface area contributed by atoms with E-state index in [2.05, 4.69) is 0 Å². The number of benzene rings is 1. The quantitative estimate of drug-likeness (QED) is 0.612. The lowest BCUT2D eigenvalue weighted by molar-refractivity contribution is -0.152. The average Bonchev–Trinajstić information content (AvgIpc) is 2.61. The lowest BCUT2D eigenvalue weighted by atomic mass is 9.89. The first-order valence-electron chi connectivity index (χ1n) is 5.12. The van der Waals surface area contributed by atoms with Crippen molar-refractivity contribution in [1.29, 1.82) is 0 Å². The minimum atomic E-state index is -1.09. The van der Waals surface area contributed by atoms with E-state index in [0.717, 1.165) is 5.56 Å². The molecule has 1 N–H and O–H groups in total. The van der Waals surface area contributed by atoms with Gasteiger partial charge in [0.1, 0.15) is 0 Å². The van der Waals surface area contributed by atoms with Gasteiger partial charge in [-0.05, 0) is 12.0 Å². The van der Waals surface area contributed by atoms with Crippen LogP contribution in [0.25, 0.3) is 0 Å². The van der Waals surface area contributed by atoms with Crippen molar-refractivity contribution in [3.63, 3.8) is 0 Å². The molecule has 4 heteroatoms. The van der Waals surface area contributed by atoms with E-state index in [1.807, 2.05) is 30.3 Å². The molecule has 0 amide bonds. The molecule has 1 aliphatic rings. The Morgan fingerprint density at radius 1 is 1.38 bits per heavy atom. The summed E-state index contributed by atoms with van der Waals surface area (Å²) in [5.74, 6) is -2.98. The maximum Gasteiger partial charge on any atom is 0.320 e. The highest BCUT2D eigenvalue weighted by atomic mass is 16.5. The Bertz CT molecular complexity index is 399. The Morgan fingerprint density at radius 2 is 2.06 bits per heavy atom. The van der Waals surface area contributed by atoms with Gasteiger partial charge in [-0.2, -0.15) is 0 Å². The van der Waals surface area contributed by atoms with Gasteiger partial charge in [0.15, 0.2) is 5.92 Å². The molecule has 0 aliphatic carbocycles. The van der Waals surface area contributed by atoms with Gasteiger partial charge in [0, 0.05) is 5.92 Å². The molecule has 2 atom stereocenters. The molecule has 0 saturated carbocycles. The van der Waals surface area contributed by atoms with Crippen molar-refractivity contribution < 1.29 is 19.4 Å². The number of esters is 1. The Kier molecular flexibility index (Phi) is 2.90. The molecule has 84 valence electrons. The van der Waals surface area contributed by atoms with Gasteiger partial charge in [0.25, 0.3) is 0 Å². The number of aliphatic carboxylic acids is 1. The summed E-state index contributed by atoms with van der Waals surface area (Å²) in [5.41, 5.74) is 1.03. The third-order valence-electron chi connectivity index (χ3n) is 2.77. The standard InChI is InChI=1S/C12H12O4/c13-11(14)10-9(7-16-12(10)15)6-8-4-2-1-3-5-8/h1-5,9-10H,6-7H2,(H,13,14). The summed E-state index contributed by atoms with van der Waals surface area (Å²) in [6.45, 7) is 0.199. The molecule has 1 aromatic rings. The highest BCUT2D eigenvalue weighted by molar-refractivity contribution is 5.95. The monoisotopic (exact) mass is 220 g/mol. The van der Waals surface area contributed by atoms with Crippen molar-refractivity contribution in [2.24, 2.45) is 11.8 Å². The lowest BCUT2D eigenvalue weighted by Crippen LogP contribution is -2.26. The summed E-state index contributed by atoms with van der Waals surface area (Å²) in [5, 5.41) is 8.93. The van der Waals surface area contributed by atoms with Crippen LogP contribution >= 0.6 is 0 Å². The maximum absolute atomic E-state index is 11.2. The second kappa shape index (κ2) is 4.35. The number of hydrogen-bond acceptors (Lipinski definition) is 3. The molecule has 1 aromatic carbocycles. The largest absolute Gasteiger partial charge is 0.481 e. The number of carbonyl (C=O) groups is 2. The number of carboxylic acid groups (broad SMARTS) is 1. The van der Waals surface area contributed by atoms with E-state index in [9.17, 15) is 9.59 Å². The fraction of sp³-hybridized carbons (Fsp3) is 0.333. The Labute approximate surface area is 92.8 Å². The zero-order chi connectivity index (χ0) is 11.5. The van der Waals surface area contributed by atoms with Gasteiger partial charge in [-0.15, -0.1) is 0 Å². The van der Waals surface area contributed by atoms with Gasteiger partial charge in [0.2, 0.25) is 0 Å². The van der Waals surface area contributed by atoms with E-state index in [-0.39, 0.29) is 12.5 Å². The summed E-state index contributed by atoms with van der Waals surface area (Å²) < 4.78 is 4.79. The van der Waals surface area contributed by atoms with E-state index in [1.54, 1.807) is 0 Å². The van der Waals surface area contributed by atoms with Crippen LogP contribution in [0.5, 0.6) is 0 Å². The van der Waals surface area contributed by atoms with Gasteiger partial charge in [0.05, 0.1) is 6.61 Å². The maximum atomic E-state index is 11.2. The topological polar surface area (TPSA) is 63.6 Å². The smallest absolute Gasteiger partial charge is 0.320 e. The van der Waals surface area contributed by atoms with Crippen LogP contribution in [0.1, 0.15) is 5.56 Å². The van der Waals surface area contributed by atoms with Crippen molar-refractivity contribution in [3.8, 4) is 0 Å². The SMILES string of the molecule is O=C(O)C1C(=O)OCC1Cc1ccccc1. The summed E-state index contributed by atoms with van der Waals surface area (Å²) in [6, 6.07) is 9.52. The van der Waals surface area contributed by atoms with Crippen LogP contribution in [0, 0.1) is 11.8 Å². The van der Waals surface area contributed by atoms with E-state index in [4.69, 9.17) is 9.84 Å². The number of ether oxygens (including phenoxy) is 1. The first kappa shape index (κ1) is 10.7. The molecule has 0 spiro atoms. The molecule has 1 saturated heterocycles. The fourth-order valence-electron chi connectivity index (χ4n) is 1.96. The zero-order valence-corrected chi connectivity index (χ0v) is 8.63. The van der Waals surface area contributed by atoms with Crippen LogP contribution in [0.15, 0.2) is 30.3 Å². The predicted molar refractivity (Wildman–Crippen MR) is 55.7 cm³/mol. The van der Waals surface area contributed by atoms with Gasteiger partial charge in [-0.1, -0.05) is 30.3 Å². The number of carboxylic acids is 1. The van der Waals surface area contributed by atoms with Gasteiger partial charge < -0.3 is 9.84 Å². The highest BCUT2D eigenvalue weighted by Gasteiger charge is 2.42. The molecule has 0 radical (unpaired) electrons. The van der Waals surface area contributed by atoms with Crippen molar-refractivity contribution in [2.75, 3.05) is 6.61 Å². The first-order valence-corrected chi connectivity index (χ1v) is 5.12. The van der Waals surface area contributed by atoms with E-state index in [0.29, 0.717) is 6.42 Å². The first-order chi connectivity index (χ1) is 7.68. The van der Waals surface area contributed by atoms with Crippen molar-refractivity contribution in [1.82, 2.24) is 0 Å². The summed E-state index contributed by atoms with van der Waals surface area (Å²) in [7, 11) is 0. The molecule has 1 fully saturated rings. The van der Waals surface area contributed by atoms with Crippen LogP contribution in [0.4, 0.5) is 0 Å². The zero-order valence-electron chi connectivity index (χ0n) is 8.63. The van der Waals surface area contributed by atoms with Crippen LogP contribution < -0.4 is 0 Å². The van der Waals surface area contributed by atoms with Gasteiger partial charge >= 0.3 is 11.9 Å². The molecule has 4 nitrogen and oxygen atoms in total. The van der Waals surface area contributed by atoms with Gasteiger partial charge in [-0.3, -0.25) is 9.59 Å². The minimum Gasteiger partial charge on any atom is -0.481 e. The minimum absolute atomic E-state index is 0.199. The normalized spacial score (nSPS) is 24.1. The lowest BCUT2D eigenvalue weighted by Gasteiger charge is -2.10. The van der Waals surface area contributed by atoms with E-state index < -0.39 is 17.9 Å². The molecule has 0 aromatic heterocycles. The predicted octanol–water partition coefficient (Wildman–Crippen LogP) is 1.10. The second-order valence-corrected chi connectivity index (χ2v) is 3.90. The molecule has 0 bridgehead atoms. The molecule has 1 heterocycles. The third-order valence-corrected chi connectivity index (χ3v) is 2.77. The van der Waals surface area contributed by atoms with Crippen LogP contribution in [0.2, 0.25) is 0 Å². The molecule has 2 unspecified atom stereocenters. The fourth-order valence-corrected chi connectivity index (χ4v) is 1.96. The van der Waals surface area contributed by atoms with Crippen molar-refractivity contribution in [3.05, 3.63) is 35.9 Å². The third kappa shape index (κ3) is 2.05. The van der Waals surface area contributed by atoms with Crippen molar-refractivity contribution >= 4 is 11.9 Å². The molecular formula is C12H12O4. The number of carbonyl (C=O) groups excluding carboxylic acids is 1. The van der Waals surface area contributed by atoms with E-state index >= 15 is 0 Å². The van der Waals surface area contributed by atoms with Crippen LogP contribution in [0.3, 0.4) is 0 Å². The summed E-state index contributed by atoms with van der Waals surface area (Å²) in [4.78, 5) is 22.1. The summed E-state index contributed by atoms with van der Waals surface area (Å²) in [6.07, 6.45) is 0.559. The van der Waals surface area contributed by atoms with Gasteiger partial charge in [-0.25, -0.2) is 0 Å². The Morgan fingerprint density at radius 3 is 2.69 bits per heavy atom. The van der Waals surface area contributed by atoms with Crippen molar-refractivity contribution in [2.45, 2.75) is 6.42 Å². The second-order valence-electron chi connectivity index (χ2n) is 3.90. The molecule has 1 aliphatic heterocycles. The number of rotatable bonds is 3. The highest BCUT2D eigenvalue weighted by Crippen LogP contribution is 2.26. The Balaban J connectivity index is 2.10. The Hall–Kier alpha value is -1.84. The molecular weight excluding hydrogens is 208 g/mol.